The van der Waals surface area contributed by atoms with Gasteiger partial charge in [0.1, 0.15) is 0 Å². The molecule has 1 saturated heterocycles. The number of nitrogens with one attached hydrogen (secondary N) is 1. The predicted octanol–water partition coefficient (Wildman–Crippen LogP) is 5.20. The maximum absolute atomic E-state index is 12.8. The second kappa shape index (κ2) is 9.56. The van der Waals surface area contributed by atoms with Gasteiger partial charge in [0.15, 0.2) is 6.61 Å². The van der Waals surface area contributed by atoms with Crippen LogP contribution in [0, 0.1) is 5.92 Å². The van der Waals surface area contributed by atoms with Gasteiger partial charge in [-0.25, -0.2) is 0 Å². The smallest absolute Gasteiger partial charge is 0.416 e. The lowest BCUT2D eigenvalue weighted by Gasteiger charge is -2.18. The summed E-state index contributed by atoms with van der Waals surface area (Å²) in [6.45, 7) is -0.799. The Kier molecular flexibility index (Phi) is 7.22. The van der Waals surface area contributed by atoms with Crippen molar-refractivity contribution in [2.75, 3.05) is 23.4 Å². The van der Waals surface area contributed by atoms with E-state index in [-0.39, 0.29) is 34.6 Å². The van der Waals surface area contributed by atoms with E-state index in [2.05, 4.69) is 5.32 Å². The van der Waals surface area contributed by atoms with Gasteiger partial charge >= 0.3 is 12.1 Å². The van der Waals surface area contributed by atoms with Gasteiger partial charge in [-0.05, 0) is 36.4 Å². The summed E-state index contributed by atoms with van der Waals surface area (Å²) in [4.78, 5) is 38.0. The van der Waals surface area contributed by atoms with Gasteiger partial charge in [0.2, 0.25) is 5.91 Å². The fourth-order valence-electron chi connectivity index (χ4n) is 3.03. The molecule has 170 valence electrons. The van der Waals surface area contributed by atoms with Crippen LogP contribution in [0.3, 0.4) is 0 Å². The number of halogens is 6. The number of rotatable bonds is 5. The Hall–Kier alpha value is -2.49. The monoisotopic (exact) mass is 508 g/mol. The number of esters is 1. The molecule has 0 spiro atoms. The average Bonchev–Trinajstić information content (AvgIpc) is 3.10. The molecule has 32 heavy (non-hydrogen) atoms. The average molecular weight is 510 g/mol. The third-order valence-electron chi connectivity index (χ3n) is 4.57. The van der Waals surface area contributed by atoms with Crippen molar-refractivity contribution in [3.05, 3.63) is 57.0 Å². The Morgan fingerprint density at radius 3 is 2.47 bits per heavy atom. The lowest BCUT2D eigenvalue weighted by molar-refractivity contribution is -0.151. The first-order valence-electron chi connectivity index (χ1n) is 9.04. The molecule has 1 aliphatic rings. The molecular formula is C20H14Cl3F3N2O4. The van der Waals surface area contributed by atoms with E-state index in [1.807, 2.05) is 0 Å². The summed E-state index contributed by atoms with van der Waals surface area (Å²) in [5.74, 6) is -2.94. The molecule has 2 aromatic carbocycles. The molecule has 1 atom stereocenters. The lowest BCUT2D eigenvalue weighted by atomic mass is 10.1. The standard InChI is InChI=1S/C20H14Cl3F3N2O4/c21-12-2-4-14(23)16(7-12)28-8-10(5-18(28)30)19(31)32-9-17(29)27-15-6-11(20(24,25)26)1-3-13(15)22/h1-4,6-7,10H,5,8-9H2,(H,27,29)/t10-/m1/s1. The number of nitrogens with zero attached hydrogens (tertiary/aromatic N) is 1. The normalized spacial score (nSPS) is 16.2. The molecule has 0 aliphatic carbocycles. The van der Waals surface area contributed by atoms with Crippen molar-refractivity contribution in [3.63, 3.8) is 0 Å². The van der Waals surface area contributed by atoms with Crippen LogP contribution >= 0.6 is 34.8 Å². The molecule has 0 aromatic heterocycles. The summed E-state index contributed by atoms with van der Waals surface area (Å²) in [5, 5.41) is 2.68. The highest BCUT2D eigenvalue weighted by Crippen LogP contribution is 2.35. The number of carbonyl (C=O) groups is 3. The van der Waals surface area contributed by atoms with Gasteiger partial charge in [0.25, 0.3) is 5.91 Å². The molecule has 0 unspecified atom stereocenters. The minimum absolute atomic E-state index is 0.0290. The van der Waals surface area contributed by atoms with Gasteiger partial charge in [-0.2, -0.15) is 13.2 Å². The van der Waals surface area contributed by atoms with Crippen LogP contribution in [0.5, 0.6) is 0 Å². The molecule has 0 bridgehead atoms. The Labute approximate surface area is 195 Å². The van der Waals surface area contributed by atoms with Gasteiger partial charge < -0.3 is 15.0 Å². The Morgan fingerprint density at radius 1 is 1.09 bits per heavy atom. The second-order valence-electron chi connectivity index (χ2n) is 6.85. The Bertz CT molecular complexity index is 1080. The summed E-state index contributed by atoms with van der Waals surface area (Å²) in [7, 11) is 0. The van der Waals surface area contributed by atoms with Crippen molar-refractivity contribution >= 4 is 64.0 Å². The van der Waals surface area contributed by atoms with E-state index in [1.165, 1.54) is 17.0 Å². The molecular weight excluding hydrogens is 496 g/mol. The minimum atomic E-state index is -4.62. The molecule has 1 heterocycles. The number of alkyl halides is 3. The van der Waals surface area contributed by atoms with Crippen molar-refractivity contribution in [2.24, 2.45) is 5.92 Å². The third-order valence-corrected chi connectivity index (χ3v) is 5.45. The van der Waals surface area contributed by atoms with E-state index in [9.17, 15) is 27.6 Å². The fourth-order valence-corrected chi connectivity index (χ4v) is 3.58. The predicted molar refractivity (Wildman–Crippen MR) is 113 cm³/mol. The number of hydrogen-bond acceptors (Lipinski definition) is 4. The van der Waals surface area contributed by atoms with Crippen LogP contribution in [0.2, 0.25) is 15.1 Å². The molecule has 12 heteroatoms. The lowest BCUT2D eigenvalue weighted by Crippen LogP contribution is -2.28. The number of ether oxygens (including phenoxy) is 1. The summed E-state index contributed by atoms with van der Waals surface area (Å²) >= 11 is 17.8. The van der Waals surface area contributed by atoms with E-state index >= 15 is 0 Å². The molecule has 2 amide bonds. The Morgan fingerprint density at radius 2 is 1.78 bits per heavy atom. The van der Waals surface area contributed by atoms with Crippen molar-refractivity contribution in [1.82, 2.24) is 0 Å². The zero-order valence-electron chi connectivity index (χ0n) is 16.0. The van der Waals surface area contributed by atoms with Crippen molar-refractivity contribution < 1.29 is 32.3 Å². The maximum Gasteiger partial charge on any atom is 0.416 e. The largest absolute Gasteiger partial charge is 0.455 e. The van der Waals surface area contributed by atoms with Crippen LogP contribution in [0.1, 0.15) is 12.0 Å². The SMILES string of the molecule is O=C(COC(=O)[C@@H]1CC(=O)N(c2cc(Cl)ccc2Cl)C1)Nc1cc(C(F)(F)F)ccc1Cl. The van der Waals surface area contributed by atoms with Gasteiger partial charge in [0.05, 0.1) is 32.9 Å². The molecule has 0 radical (unpaired) electrons. The maximum atomic E-state index is 12.8. The highest BCUT2D eigenvalue weighted by atomic mass is 35.5. The summed E-state index contributed by atoms with van der Waals surface area (Å²) in [6, 6.07) is 6.99. The van der Waals surface area contributed by atoms with Gasteiger partial charge in [-0.15, -0.1) is 0 Å². The van der Waals surface area contributed by atoms with E-state index < -0.39 is 36.1 Å². The minimum Gasteiger partial charge on any atom is -0.455 e. The van der Waals surface area contributed by atoms with Crippen molar-refractivity contribution in [3.8, 4) is 0 Å². The highest BCUT2D eigenvalue weighted by Gasteiger charge is 2.37. The first kappa shape index (κ1) is 24.2. The number of anilines is 2. The topological polar surface area (TPSA) is 75.7 Å². The molecule has 1 aliphatic heterocycles. The van der Waals surface area contributed by atoms with Crippen molar-refractivity contribution in [1.29, 1.82) is 0 Å². The number of hydrogen-bond donors (Lipinski definition) is 1. The first-order valence-corrected chi connectivity index (χ1v) is 10.2. The highest BCUT2D eigenvalue weighted by molar-refractivity contribution is 6.36. The molecule has 1 N–H and O–H groups in total. The van der Waals surface area contributed by atoms with E-state index in [0.29, 0.717) is 16.8 Å². The van der Waals surface area contributed by atoms with Crippen LogP contribution in [-0.4, -0.2) is 30.9 Å². The second-order valence-corrected chi connectivity index (χ2v) is 8.10. The van der Waals surface area contributed by atoms with Gasteiger partial charge in [-0.3, -0.25) is 14.4 Å². The van der Waals surface area contributed by atoms with Gasteiger partial charge in [-0.1, -0.05) is 34.8 Å². The number of carbonyl (C=O) groups excluding carboxylic acids is 3. The van der Waals surface area contributed by atoms with E-state index in [0.717, 1.165) is 12.1 Å². The molecule has 2 aromatic rings. The zero-order valence-corrected chi connectivity index (χ0v) is 18.3. The zero-order chi connectivity index (χ0) is 23.6. The van der Waals surface area contributed by atoms with Crippen LogP contribution in [0.25, 0.3) is 0 Å². The van der Waals surface area contributed by atoms with Crippen LogP contribution in [-0.2, 0) is 25.3 Å². The Balaban J connectivity index is 1.59. The van der Waals surface area contributed by atoms with Crippen molar-refractivity contribution in [2.45, 2.75) is 12.6 Å². The summed E-state index contributed by atoms with van der Waals surface area (Å²) < 4.78 is 43.4. The number of amides is 2. The molecule has 0 saturated carbocycles. The van der Waals surface area contributed by atoms with Crippen LogP contribution in [0.15, 0.2) is 36.4 Å². The summed E-state index contributed by atoms with van der Waals surface area (Å²) in [6.07, 6.45) is -4.79. The quantitative estimate of drug-likeness (QED) is 0.562. The van der Waals surface area contributed by atoms with E-state index in [4.69, 9.17) is 39.5 Å². The molecule has 6 nitrogen and oxygen atoms in total. The number of benzene rings is 2. The molecule has 3 rings (SSSR count). The van der Waals surface area contributed by atoms with Crippen LogP contribution < -0.4 is 10.2 Å². The van der Waals surface area contributed by atoms with Gasteiger partial charge in [0, 0.05) is 18.0 Å². The first-order chi connectivity index (χ1) is 15.0. The fraction of sp³-hybridized carbons (Fsp3) is 0.250. The third kappa shape index (κ3) is 5.65. The van der Waals surface area contributed by atoms with E-state index in [1.54, 1.807) is 6.07 Å². The summed E-state index contributed by atoms with van der Waals surface area (Å²) in [5.41, 5.74) is -0.935. The molecule has 1 fully saturated rings. The van der Waals surface area contributed by atoms with Crippen LogP contribution in [0.4, 0.5) is 24.5 Å².